The summed E-state index contributed by atoms with van der Waals surface area (Å²) in [5.41, 5.74) is 1.23. The Morgan fingerprint density at radius 3 is 2.73 bits per heavy atom. The molecule has 1 spiro atoms. The standard InChI is InChI=1S/C22H29N5O3/c1-15(2)24-19(28)18-14-27-12-9-23-20(27)22(30-18)7-10-26(11-8-22)21(29)25-17-6-4-5-16(3)13-17/h4-6,9,12-13,15,18H,7-8,10-11,14H2,1-3H3,(H,24,28)(H,25,29)/t18-/m0/s1. The van der Waals surface area contributed by atoms with Gasteiger partial charge in [0, 0.05) is 50.1 Å². The maximum atomic E-state index is 12.7. The van der Waals surface area contributed by atoms with E-state index in [4.69, 9.17) is 4.74 Å². The van der Waals surface area contributed by atoms with Gasteiger partial charge in [0.2, 0.25) is 0 Å². The zero-order valence-corrected chi connectivity index (χ0v) is 17.7. The first-order chi connectivity index (χ1) is 14.4. The highest BCUT2D eigenvalue weighted by molar-refractivity contribution is 5.89. The molecule has 0 saturated carbocycles. The van der Waals surface area contributed by atoms with E-state index in [0.717, 1.165) is 17.1 Å². The van der Waals surface area contributed by atoms with E-state index in [9.17, 15) is 9.59 Å². The van der Waals surface area contributed by atoms with Crippen LogP contribution in [0.2, 0.25) is 0 Å². The van der Waals surface area contributed by atoms with Crippen LogP contribution in [0.1, 0.15) is 38.1 Å². The van der Waals surface area contributed by atoms with E-state index in [2.05, 4.69) is 15.6 Å². The first kappa shape index (κ1) is 20.4. The number of imidazole rings is 1. The molecule has 2 aliphatic rings. The molecule has 4 rings (SSSR count). The highest BCUT2D eigenvalue weighted by Crippen LogP contribution is 2.40. The molecule has 1 atom stereocenters. The van der Waals surface area contributed by atoms with Crippen LogP contribution in [0, 0.1) is 6.92 Å². The van der Waals surface area contributed by atoms with Gasteiger partial charge in [-0.25, -0.2) is 9.78 Å². The van der Waals surface area contributed by atoms with Crippen LogP contribution in [-0.2, 0) is 21.7 Å². The van der Waals surface area contributed by atoms with Crippen molar-refractivity contribution >= 4 is 17.6 Å². The highest BCUT2D eigenvalue weighted by atomic mass is 16.5. The minimum atomic E-state index is -0.652. The molecule has 0 radical (unpaired) electrons. The van der Waals surface area contributed by atoms with Gasteiger partial charge in [-0.1, -0.05) is 12.1 Å². The van der Waals surface area contributed by atoms with E-state index in [1.165, 1.54) is 0 Å². The fourth-order valence-corrected chi connectivity index (χ4v) is 4.25. The smallest absolute Gasteiger partial charge is 0.321 e. The largest absolute Gasteiger partial charge is 0.352 e. The molecule has 1 fully saturated rings. The number of likely N-dealkylation sites (tertiary alicyclic amines) is 1. The number of hydrogen-bond acceptors (Lipinski definition) is 4. The number of nitrogens with one attached hydrogen (secondary N) is 2. The van der Waals surface area contributed by atoms with Crippen molar-refractivity contribution in [3.05, 3.63) is 48.0 Å². The predicted molar refractivity (Wildman–Crippen MR) is 113 cm³/mol. The summed E-state index contributed by atoms with van der Waals surface area (Å²) in [4.78, 5) is 31.7. The van der Waals surface area contributed by atoms with Crippen molar-refractivity contribution < 1.29 is 14.3 Å². The van der Waals surface area contributed by atoms with Gasteiger partial charge in [-0.05, 0) is 38.5 Å². The van der Waals surface area contributed by atoms with Crippen molar-refractivity contribution in [3.8, 4) is 0 Å². The minimum Gasteiger partial charge on any atom is -0.352 e. The molecule has 30 heavy (non-hydrogen) atoms. The quantitative estimate of drug-likeness (QED) is 0.813. The molecule has 160 valence electrons. The highest BCUT2D eigenvalue weighted by Gasteiger charge is 2.47. The van der Waals surface area contributed by atoms with Gasteiger partial charge in [-0.3, -0.25) is 4.79 Å². The molecule has 1 saturated heterocycles. The summed E-state index contributed by atoms with van der Waals surface area (Å²) in [6.07, 6.45) is 4.27. The molecule has 3 heterocycles. The minimum absolute atomic E-state index is 0.0494. The van der Waals surface area contributed by atoms with Crippen LogP contribution in [0.5, 0.6) is 0 Å². The third kappa shape index (κ3) is 4.05. The Hall–Kier alpha value is -2.87. The lowest BCUT2D eigenvalue weighted by Gasteiger charge is -2.45. The van der Waals surface area contributed by atoms with Gasteiger partial charge >= 0.3 is 6.03 Å². The van der Waals surface area contributed by atoms with Crippen LogP contribution in [0.3, 0.4) is 0 Å². The number of carbonyl (C=O) groups is 2. The fraction of sp³-hybridized carbons (Fsp3) is 0.500. The first-order valence-electron chi connectivity index (χ1n) is 10.5. The molecule has 8 heteroatoms. The Morgan fingerprint density at radius 2 is 2.03 bits per heavy atom. The van der Waals surface area contributed by atoms with Crippen molar-refractivity contribution in [3.63, 3.8) is 0 Å². The molecule has 2 aromatic rings. The maximum Gasteiger partial charge on any atom is 0.321 e. The lowest BCUT2D eigenvalue weighted by atomic mass is 9.88. The van der Waals surface area contributed by atoms with Gasteiger partial charge in [0.15, 0.2) is 6.10 Å². The van der Waals surface area contributed by atoms with Crippen molar-refractivity contribution in [2.24, 2.45) is 0 Å². The monoisotopic (exact) mass is 411 g/mol. The topological polar surface area (TPSA) is 88.5 Å². The Bertz CT molecular complexity index is 930. The van der Waals surface area contributed by atoms with E-state index in [1.54, 1.807) is 11.1 Å². The number of rotatable bonds is 3. The maximum absolute atomic E-state index is 12.7. The molecular weight excluding hydrogens is 382 g/mol. The number of aromatic nitrogens is 2. The van der Waals surface area contributed by atoms with Crippen molar-refractivity contribution in [1.29, 1.82) is 0 Å². The van der Waals surface area contributed by atoms with E-state index in [-0.39, 0.29) is 18.0 Å². The molecule has 2 N–H and O–H groups in total. The number of hydrogen-bond donors (Lipinski definition) is 2. The summed E-state index contributed by atoms with van der Waals surface area (Å²) in [6, 6.07) is 7.68. The van der Waals surface area contributed by atoms with Crippen molar-refractivity contribution in [1.82, 2.24) is 19.8 Å². The van der Waals surface area contributed by atoms with Crippen molar-refractivity contribution in [2.45, 2.75) is 57.9 Å². The summed E-state index contributed by atoms with van der Waals surface area (Å²) in [6.45, 7) is 7.38. The van der Waals surface area contributed by atoms with Gasteiger partial charge in [0.25, 0.3) is 5.91 Å². The Balaban J connectivity index is 1.45. The van der Waals surface area contributed by atoms with E-state index in [1.807, 2.05) is 55.8 Å². The van der Waals surface area contributed by atoms with Gasteiger partial charge in [0.1, 0.15) is 11.4 Å². The number of benzene rings is 1. The fourth-order valence-electron chi connectivity index (χ4n) is 4.25. The van der Waals surface area contributed by atoms with Gasteiger partial charge in [0.05, 0.1) is 6.54 Å². The zero-order valence-electron chi connectivity index (χ0n) is 17.7. The number of aryl methyl sites for hydroxylation is 1. The van der Waals surface area contributed by atoms with Gasteiger partial charge in [-0.15, -0.1) is 0 Å². The predicted octanol–water partition coefficient (Wildman–Crippen LogP) is 2.64. The lowest BCUT2D eigenvalue weighted by Crippen LogP contribution is -2.55. The Morgan fingerprint density at radius 1 is 1.27 bits per heavy atom. The number of amides is 3. The molecule has 8 nitrogen and oxygen atoms in total. The Kier molecular flexibility index (Phi) is 5.51. The molecular formula is C22H29N5O3. The molecule has 0 bridgehead atoms. The number of carbonyl (C=O) groups excluding carboxylic acids is 2. The molecule has 0 aliphatic carbocycles. The lowest BCUT2D eigenvalue weighted by molar-refractivity contribution is -0.172. The number of anilines is 1. The number of piperidine rings is 1. The van der Waals surface area contributed by atoms with E-state index >= 15 is 0 Å². The normalized spacial score (nSPS) is 20.1. The van der Waals surface area contributed by atoms with Gasteiger partial charge in [-0.2, -0.15) is 0 Å². The second kappa shape index (κ2) is 8.10. The van der Waals surface area contributed by atoms with Crippen LogP contribution < -0.4 is 10.6 Å². The van der Waals surface area contributed by atoms with E-state index in [0.29, 0.717) is 32.5 Å². The molecule has 1 aromatic heterocycles. The number of fused-ring (bicyclic) bond motifs is 2. The van der Waals surface area contributed by atoms with E-state index < -0.39 is 11.7 Å². The second-order valence-electron chi connectivity index (χ2n) is 8.45. The SMILES string of the molecule is Cc1cccc(NC(=O)N2CCC3(CC2)O[C@H](C(=O)NC(C)C)Cn2ccnc23)c1. The summed E-state index contributed by atoms with van der Waals surface area (Å²) >= 11 is 0. The van der Waals surface area contributed by atoms with Gasteiger partial charge < -0.3 is 24.8 Å². The first-order valence-corrected chi connectivity index (χ1v) is 10.5. The van der Waals surface area contributed by atoms with Crippen LogP contribution >= 0.6 is 0 Å². The average Bonchev–Trinajstić information content (AvgIpc) is 3.18. The Labute approximate surface area is 176 Å². The third-order valence-corrected chi connectivity index (χ3v) is 5.70. The third-order valence-electron chi connectivity index (χ3n) is 5.70. The summed E-state index contributed by atoms with van der Waals surface area (Å²) in [5, 5.41) is 5.91. The summed E-state index contributed by atoms with van der Waals surface area (Å²) < 4.78 is 8.38. The average molecular weight is 412 g/mol. The second-order valence-corrected chi connectivity index (χ2v) is 8.45. The number of nitrogens with zero attached hydrogens (tertiary/aromatic N) is 3. The molecule has 3 amide bonds. The number of urea groups is 1. The van der Waals surface area contributed by atoms with Crippen LogP contribution in [0.15, 0.2) is 36.7 Å². The molecule has 0 unspecified atom stereocenters. The zero-order chi connectivity index (χ0) is 21.3. The number of ether oxygens (including phenoxy) is 1. The summed E-state index contributed by atoms with van der Waals surface area (Å²) in [5.74, 6) is 0.734. The van der Waals surface area contributed by atoms with Crippen molar-refractivity contribution in [2.75, 3.05) is 18.4 Å². The van der Waals surface area contributed by atoms with Crippen LogP contribution in [0.25, 0.3) is 0 Å². The molecule has 2 aliphatic heterocycles. The van der Waals surface area contributed by atoms with Crippen LogP contribution in [0.4, 0.5) is 10.5 Å². The molecule has 1 aromatic carbocycles. The summed E-state index contributed by atoms with van der Waals surface area (Å²) in [7, 11) is 0. The van der Waals surface area contributed by atoms with Crippen LogP contribution in [-0.4, -0.2) is 51.6 Å².